The van der Waals surface area contributed by atoms with Gasteiger partial charge in [-0.2, -0.15) is 0 Å². The zero-order chi connectivity index (χ0) is 21.3. The van der Waals surface area contributed by atoms with Crippen molar-refractivity contribution in [1.82, 2.24) is 0 Å². The average Bonchev–Trinajstić information content (AvgIpc) is 2.68. The monoisotopic (exact) mass is 404 g/mol. The highest BCUT2D eigenvalue weighted by Crippen LogP contribution is 2.27. The molecule has 0 amide bonds. The maximum Gasteiger partial charge on any atom is 0.311 e. The van der Waals surface area contributed by atoms with Crippen LogP contribution in [-0.2, 0) is 9.59 Å². The third kappa shape index (κ3) is 13.1. The highest BCUT2D eigenvalue weighted by Gasteiger charge is 2.13. The molecule has 0 fully saturated rings. The number of para-hydroxylation sites is 2. The van der Waals surface area contributed by atoms with Crippen molar-refractivity contribution in [2.45, 2.75) is 104 Å². The Morgan fingerprint density at radius 1 is 0.724 bits per heavy atom. The van der Waals surface area contributed by atoms with Crippen molar-refractivity contribution in [3.05, 3.63) is 24.3 Å². The Kier molecular flexibility index (Phi) is 13.9. The van der Waals surface area contributed by atoms with E-state index in [9.17, 15) is 9.59 Å². The molecule has 0 heterocycles. The number of carbonyl (C=O) groups is 2. The zero-order valence-corrected chi connectivity index (χ0v) is 18.7. The van der Waals surface area contributed by atoms with Crippen molar-refractivity contribution in [3.63, 3.8) is 0 Å². The van der Waals surface area contributed by atoms with Gasteiger partial charge in [-0.1, -0.05) is 90.7 Å². The molecule has 164 valence electrons. The zero-order valence-electron chi connectivity index (χ0n) is 18.7. The standard InChI is InChI=1S/C25H40O4/c1-4-5-6-7-8-9-10-11-19-24(26)28-22-17-13-14-18-23(22)29-25(27)20-15-12-16-21(2)3/h13-14,17-18,21H,4-12,15-16,19-20H2,1-3H3. The molecular formula is C25H40O4. The maximum atomic E-state index is 12.1. The Bertz CT molecular complexity index is 580. The Hall–Kier alpha value is -1.84. The van der Waals surface area contributed by atoms with E-state index in [0.29, 0.717) is 30.3 Å². The summed E-state index contributed by atoms with van der Waals surface area (Å²) in [6.45, 7) is 6.58. The molecule has 4 nitrogen and oxygen atoms in total. The predicted octanol–water partition coefficient (Wildman–Crippen LogP) is 7.24. The van der Waals surface area contributed by atoms with Gasteiger partial charge in [0.2, 0.25) is 0 Å². The van der Waals surface area contributed by atoms with Gasteiger partial charge in [0.05, 0.1) is 0 Å². The van der Waals surface area contributed by atoms with Gasteiger partial charge in [0.25, 0.3) is 0 Å². The van der Waals surface area contributed by atoms with Crippen LogP contribution in [0.2, 0.25) is 0 Å². The Morgan fingerprint density at radius 3 is 1.66 bits per heavy atom. The smallest absolute Gasteiger partial charge is 0.311 e. The molecule has 1 aromatic rings. The van der Waals surface area contributed by atoms with E-state index in [1.54, 1.807) is 24.3 Å². The molecule has 0 radical (unpaired) electrons. The normalized spacial score (nSPS) is 10.9. The van der Waals surface area contributed by atoms with Gasteiger partial charge >= 0.3 is 11.9 Å². The van der Waals surface area contributed by atoms with Crippen LogP contribution in [0.5, 0.6) is 11.5 Å². The number of esters is 2. The van der Waals surface area contributed by atoms with Crippen LogP contribution in [0.25, 0.3) is 0 Å². The summed E-state index contributed by atoms with van der Waals surface area (Å²) in [5.74, 6) is 0.752. The molecule has 0 N–H and O–H groups in total. The Morgan fingerprint density at radius 2 is 1.17 bits per heavy atom. The summed E-state index contributed by atoms with van der Waals surface area (Å²) in [5.41, 5.74) is 0. The second-order valence-electron chi connectivity index (χ2n) is 8.26. The van der Waals surface area contributed by atoms with Gasteiger partial charge in [0, 0.05) is 12.8 Å². The third-order valence-electron chi connectivity index (χ3n) is 4.94. The van der Waals surface area contributed by atoms with E-state index >= 15 is 0 Å². The van der Waals surface area contributed by atoms with Crippen molar-refractivity contribution in [3.8, 4) is 11.5 Å². The molecule has 0 aliphatic rings. The number of unbranched alkanes of at least 4 members (excludes halogenated alkanes) is 8. The molecule has 0 aliphatic heterocycles. The van der Waals surface area contributed by atoms with E-state index < -0.39 is 0 Å². The van der Waals surface area contributed by atoms with Crippen molar-refractivity contribution in [2.24, 2.45) is 5.92 Å². The second kappa shape index (κ2) is 16.0. The number of ether oxygens (including phenoxy) is 2. The quantitative estimate of drug-likeness (QED) is 0.165. The van der Waals surface area contributed by atoms with Gasteiger partial charge in [-0.3, -0.25) is 9.59 Å². The summed E-state index contributed by atoms with van der Waals surface area (Å²) < 4.78 is 10.9. The minimum absolute atomic E-state index is 0.267. The predicted molar refractivity (Wildman–Crippen MR) is 118 cm³/mol. The fourth-order valence-electron chi connectivity index (χ4n) is 3.19. The summed E-state index contributed by atoms with van der Waals surface area (Å²) >= 11 is 0. The molecule has 0 unspecified atom stereocenters. The van der Waals surface area contributed by atoms with Gasteiger partial charge in [-0.25, -0.2) is 0 Å². The third-order valence-corrected chi connectivity index (χ3v) is 4.94. The topological polar surface area (TPSA) is 52.6 Å². The lowest BCUT2D eigenvalue weighted by Crippen LogP contribution is -2.12. The summed E-state index contributed by atoms with van der Waals surface area (Å²) in [7, 11) is 0. The lowest BCUT2D eigenvalue weighted by Gasteiger charge is -2.10. The fourth-order valence-corrected chi connectivity index (χ4v) is 3.19. The molecule has 0 aromatic heterocycles. The van der Waals surface area contributed by atoms with Crippen LogP contribution >= 0.6 is 0 Å². The van der Waals surface area contributed by atoms with E-state index in [-0.39, 0.29) is 11.9 Å². The van der Waals surface area contributed by atoms with E-state index in [1.165, 1.54) is 38.5 Å². The van der Waals surface area contributed by atoms with E-state index in [1.807, 2.05) is 0 Å². The largest absolute Gasteiger partial charge is 0.423 e. The average molecular weight is 405 g/mol. The molecule has 0 atom stereocenters. The molecule has 1 aromatic carbocycles. The Balaban J connectivity index is 2.30. The van der Waals surface area contributed by atoms with Crippen LogP contribution in [-0.4, -0.2) is 11.9 Å². The molecule has 4 heteroatoms. The van der Waals surface area contributed by atoms with Crippen molar-refractivity contribution in [2.75, 3.05) is 0 Å². The van der Waals surface area contributed by atoms with Gasteiger partial charge < -0.3 is 9.47 Å². The number of benzene rings is 1. The van der Waals surface area contributed by atoms with Gasteiger partial charge in [0.15, 0.2) is 11.5 Å². The van der Waals surface area contributed by atoms with Crippen LogP contribution in [0.4, 0.5) is 0 Å². The summed E-state index contributed by atoms with van der Waals surface area (Å²) in [6.07, 6.45) is 13.2. The highest BCUT2D eigenvalue weighted by molar-refractivity contribution is 5.76. The first-order valence-corrected chi connectivity index (χ1v) is 11.5. The maximum absolute atomic E-state index is 12.1. The lowest BCUT2D eigenvalue weighted by molar-refractivity contribution is -0.137. The molecule has 0 bridgehead atoms. The minimum atomic E-state index is -0.277. The fraction of sp³-hybridized carbons (Fsp3) is 0.680. The van der Waals surface area contributed by atoms with Gasteiger partial charge in [0.1, 0.15) is 0 Å². The van der Waals surface area contributed by atoms with Crippen molar-refractivity contribution >= 4 is 11.9 Å². The summed E-state index contributed by atoms with van der Waals surface area (Å²) in [5, 5.41) is 0. The molecule has 0 spiro atoms. The lowest BCUT2D eigenvalue weighted by atomic mass is 10.1. The molecule has 1 rings (SSSR count). The molecule has 0 saturated carbocycles. The number of carbonyl (C=O) groups excluding carboxylic acids is 2. The summed E-state index contributed by atoms with van der Waals surface area (Å²) in [4.78, 5) is 24.2. The minimum Gasteiger partial charge on any atom is -0.423 e. The molecular weight excluding hydrogens is 364 g/mol. The number of hydrogen-bond donors (Lipinski definition) is 0. The second-order valence-corrected chi connectivity index (χ2v) is 8.26. The Labute approximate surface area is 177 Å². The van der Waals surface area contributed by atoms with Crippen molar-refractivity contribution in [1.29, 1.82) is 0 Å². The highest BCUT2D eigenvalue weighted by atomic mass is 16.6. The van der Waals surface area contributed by atoms with Crippen LogP contribution in [0.1, 0.15) is 104 Å². The van der Waals surface area contributed by atoms with Gasteiger partial charge in [-0.15, -0.1) is 0 Å². The van der Waals surface area contributed by atoms with Crippen molar-refractivity contribution < 1.29 is 19.1 Å². The molecule has 0 aliphatic carbocycles. The first-order valence-electron chi connectivity index (χ1n) is 11.5. The summed E-state index contributed by atoms with van der Waals surface area (Å²) in [6, 6.07) is 6.90. The van der Waals surface area contributed by atoms with Crippen LogP contribution in [0.3, 0.4) is 0 Å². The van der Waals surface area contributed by atoms with Crippen LogP contribution in [0, 0.1) is 5.92 Å². The SMILES string of the molecule is CCCCCCCCCCC(=O)Oc1ccccc1OC(=O)CCCCC(C)C. The van der Waals surface area contributed by atoms with E-state index in [2.05, 4.69) is 20.8 Å². The first kappa shape index (κ1) is 25.2. The van der Waals surface area contributed by atoms with E-state index in [0.717, 1.165) is 32.1 Å². The van der Waals surface area contributed by atoms with Crippen LogP contribution in [0.15, 0.2) is 24.3 Å². The number of hydrogen-bond acceptors (Lipinski definition) is 4. The molecule has 29 heavy (non-hydrogen) atoms. The molecule has 0 saturated heterocycles. The number of rotatable bonds is 16. The van der Waals surface area contributed by atoms with Gasteiger partial charge in [-0.05, 0) is 30.9 Å². The van der Waals surface area contributed by atoms with Crippen LogP contribution < -0.4 is 9.47 Å². The van der Waals surface area contributed by atoms with E-state index in [4.69, 9.17) is 9.47 Å². The first-order chi connectivity index (χ1) is 14.0.